The predicted molar refractivity (Wildman–Crippen MR) is 62.7 cm³/mol. The summed E-state index contributed by atoms with van der Waals surface area (Å²) in [4.78, 5) is 11.7. The molecule has 0 aliphatic rings. The van der Waals surface area contributed by atoms with Crippen LogP contribution in [0.5, 0.6) is 0 Å². The van der Waals surface area contributed by atoms with Crippen LogP contribution in [-0.4, -0.2) is 12.6 Å². The normalized spacial score (nSPS) is 9.62. The van der Waals surface area contributed by atoms with Crippen LogP contribution in [0.1, 0.15) is 28.4 Å². The van der Waals surface area contributed by atoms with Crippen molar-refractivity contribution in [3.8, 4) is 6.07 Å². The van der Waals surface area contributed by atoms with Crippen molar-refractivity contribution in [1.82, 2.24) is 0 Å². The second kappa shape index (κ2) is 5.64. The Morgan fingerprint density at radius 3 is 2.81 bits per heavy atom. The van der Waals surface area contributed by atoms with Crippen molar-refractivity contribution in [2.75, 3.05) is 6.61 Å². The van der Waals surface area contributed by atoms with Gasteiger partial charge < -0.3 is 10.5 Å². The third-order valence-corrected chi connectivity index (χ3v) is 2.80. The Hall–Kier alpha value is -1.38. The van der Waals surface area contributed by atoms with Crippen LogP contribution < -0.4 is 5.73 Å². The van der Waals surface area contributed by atoms with Gasteiger partial charge in [0.1, 0.15) is 6.07 Å². The molecule has 1 aromatic rings. The summed E-state index contributed by atoms with van der Waals surface area (Å²) >= 11 is 3.29. The first kappa shape index (κ1) is 12.7. The molecular weight excluding hydrogens is 272 g/mol. The van der Waals surface area contributed by atoms with Crippen molar-refractivity contribution in [2.45, 2.75) is 13.5 Å². The number of nitriles is 1. The first-order valence-electron chi connectivity index (χ1n) is 4.74. The van der Waals surface area contributed by atoms with E-state index in [0.717, 1.165) is 0 Å². The molecule has 4 nitrogen and oxygen atoms in total. The predicted octanol–water partition coefficient (Wildman–Crippen LogP) is 1.96. The molecule has 0 aromatic heterocycles. The quantitative estimate of drug-likeness (QED) is 0.860. The molecule has 84 valence electrons. The van der Waals surface area contributed by atoms with E-state index in [1.165, 1.54) is 0 Å². The van der Waals surface area contributed by atoms with Gasteiger partial charge in [0.2, 0.25) is 0 Å². The smallest absolute Gasteiger partial charge is 0.339 e. The number of nitrogens with two attached hydrogens (primary N) is 1. The number of nitrogens with zero attached hydrogens (tertiary/aromatic N) is 1. The lowest BCUT2D eigenvalue weighted by atomic mass is 10.0. The first-order valence-corrected chi connectivity index (χ1v) is 5.53. The molecule has 0 fully saturated rings. The molecule has 0 atom stereocenters. The Bertz CT molecular complexity index is 452. The summed E-state index contributed by atoms with van der Waals surface area (Å²) in [6.45, 7) is 2.15. The summed E-state index contributed by atoms with van der Waals surface area (Å²) in [6, 6.07) is 5.22. The first-order chi connectivity index (χ1) is 7.65. The van der Waals surface area contributed by atoms with Gasteiger partial charge in [-0.1, -0.05) is 15.9 Å². The molecule has 0 saturated heterocycles. The van der Waals surface area contributed by atoms with E-state index in [1.807, 2.05) is 6.07 Å². The van der Waals surface area contributed by atoms with Crippen LogP contribution >= 0.6 is 15.9 Å². The van der Waals surface area contributed by atoms with E-state index in [4.69, 9.17) is 15.7 Å². The van der Waals surface area contributed by atoms with E-state index in [2.05, 4.69) is 15.9 Å². The fraction of sp³-hybridized carbons (Fsp3) is 0.273. The van der Waals surface area contributed by atoms with Crippen LogP contribution in [0.15, 0.2) is 16.6 Å². The van der Waals surface area contributed by atoms with Crippen molar-refractivity contribution in [2.24, 2.45) is 5.73 Å². The SMILES string of the molecule is CCOC(=O)c1c(C#N)ccc(Br)c1CN. The maximum atomic E-state index is 11.7. The Morgan fingerprint density at radius 2 is 2.31 bits per heavy atom. The Balaban J connectivity index is 3.37. The molecule has 0 spiro atoms. The molecule has 0 saturated carbocycles. The summed E-state index contributed by atoms with van der Waals surface area (Å²) in [5.74, 6) is -0.513. The van der Waals surface area contributed by atoms with Crippen LogP contribution in [-0.2, 0) is 11.3 Å². The number of esters is 1. The van der Waals surface area contributed by atoms with Gasteiger partial charge in [-0.15, -0.1) is 0 Å². The highest BCUT2D eigenvalue weighted by atomic mass is 79.9. The summed E-state index contributed by atoms with van der Waals surface area (Å²) in [6.07, 6.45) is 0. The van der Waals surface area contributed by atoms with Crippen LogP contribution in [0.25, 0.3) is 0 Å². The summed E-state index contributed by atoms with van der Waals surface area (Å²) in [5.41, 5.74) is 6.69. The van der Waals surface area contributed by atoms with Gasteiger partial charge in [-0.3, -0.25) is 0 Å². The van der Waals surface area contributed by atoms with Gasteiger partial charge in [0.05, 0.1) is 17.7 Å². The zero-order valence-corrected chi connectivity index (χ0v) is 10.4. The van der Waals surface area contributed by atoms with Gasteiger partial charge in [0, 0.05) is 11.0 Å². The molecule has 1 rings (SSSR count). The zero-order valence-electron chi connectivity index (χ0n) is 8.79. The van der Waals surface area contributed by atoms with Crippen LogP contribution in [0, 0.1) is 11.3 Å². The van der Waals surface area contributed by atoms with E-state index >= 15 is 0 Å². The lowest BCUT2D eigenvalue weighted by molar-refractivity contribution is 0.0524. The van der Waals surface area contributed by atoms with Gasteiger partial charge in [0.15, 0.2) is 0 Å². The second-order valence-electron chi connectivity index (χ2n) is 2.98. The van der Waals surface area contributed by atoms with Gasteiger partial charge in [-0.2, -0.15) is 5.26 Å². The minimum Gasteiger partial charge on any atom is -0.462 e. The van der Waals surface area contributed by atoms with Crippen molar-refractivity contribution in [3.05, 3.63) is 33.3 Å². The highest BCUT2D eigenvalue weighted by Crippen LogP contribution is 2.24. The molecule has 0 bridgehead atoms. The molecule has 0 aliphatic heterocycles. The highest BCUT2D eigenvalue weighted by Gasteiger charge is 2.18. The molecular formula is C11H11BrN2O2. The number of carbonyl (C=O) groups excluding carboxylic acids is 1. The van der Waals surface area contributed by atoms with E-state index in [1.54, 1.807) is 19.1 Å². The lowest BCUT2D eigenvalue weighted by Gasteiger charge is -2.10. The number of ether oxygens (including phenoxy) is 1. The third-order valence-electron chi connectivity index (χ3n) is 2.06. The maximum absolute atomic E-state index is 11.7. The molecule has 1 aromatic carbocycles. The van der Waals surface area contributed by atoms with Crippen molar-refractivity contribution >= 4 is 21.9 Å². The molecule has 0 amide bonds. The summed E-state index contributed by atoms with van der Waals surface area (Å²) in [5, 5.41) is 8.93. The molecule has 0 heterocycles. The van der Waals surface area contributed by atoms with Gasteiger partial charge in [-0.05, 0) is 24.6 Å². The fourth-order valence-corrected chi connectivity index (χ4v) is 1.84. The standard InChI is InChI=1S/C11H11BrN2O2/c1-2-16-11(15)10-7(5-13)3-4-9(12)8(10)6-14/h3-4H,2,6,14H2,1H3. The number of hydrogen-bond acceptors (Lipinski definition) is 4. The number of halogens is 1. The molecule has 0 unspecified atom stereocenters. The molecule has 0 radical (unpaired) electrons. The average Bonchev–Trinajstić information content (AvgIpc) is 2.28. The zero-order chi connectivity index (χ0) is 12.1. The van der Waals surface area contributed by atoms with Crippen LogP contribution in [0.4, 0.5) is 0 Å². The number of rotatable bonds is 3. The Labute approximate surface area is 102 Å². The van der Waals surface area contributed by atoms with E-state index in [9.17, 15) is 4.79 Å². The van der Waals surface area contributed by atoms with E-state index < -0.39 is 5.97 Å². The van der Waals surface area contributed by atoms with Gasteiger partial charge >= 0.3 is 5.97 Å². The van der Waals surface area contributed by atoms with Crippen LogP contribution in [0.2, 0.25) is 0 Å². The summed E-state index contributed by atoms with van der Waals surface area (Å²) in [7, 11) is 0. The fourth-order valence-electron chi connectivity index (χ4n) is 1.35. The minimum absolute atomic E-state index is 0.171. The molecule has 5 heteroatoms. The second-order valence-corrected chi connectivity index (χ2v) is 3.84. The van der Waals surface area contributed by atoms with Crippen molar-refractivity contribution < 1.29 is 9.53 Å². The third kappa shape index (κ3) is 2.40. The number of carbonyl (C=O) groups is 1. The molecule has 2 N–H and O–H groups in total. The largest absolute Gasteiger partial charge is 0.462 e. The Morgan fingerprint density at radius 1 is 1.62 bits per heavy atom. The van der Waals surface area contributed by atoms with Gasteiger partial charge in [-0.25, -0.2) is 4.79 Å². The van der Waals surface area contributed by atoms with Crippen LogP contribution in [0.3, 0.4) is 0 Å². The maximum Gasteiger partial charge on any atom is 0.339 e. The van der Waals surface area contributed by atoms with Crippen molar-refractivity contribution in [1.29, 1.82) is 5.26 Å². The highest BCUT2D eigenvalue weighted by molar-refractivity contribution is 9.10. The monoisotopic (exact) mass is 282 g/mol. The van der Waals surface area contributed by atoms with Gasteiger partial charge in [0.25, 0.3) is 0 Å². The number of benzene rings is 1. The lowest BCUT2D eigenvalue weighted by Crippen LogP contribution is -2.13. The van der Waals surface area contributed by atoms with Crippen molar-refractivity contribution in [3.63, 3.8) is 0 Å². The number of hydrogen-bond donors (Lipinski definition) is 1. The van der Waals surface area contributed by atoms with E-state index in [-0.39, 0.29) is 24.3 Å². The topological polar surface area (TPSA) is 76.1 Å². The minimum atomic E-state index is -0.513. The Kier molecular flexibility index (Phi) is 4.47. The molecule has 16 heavy (non-hydrogen) atoms. The molecule has 0 aliphatic carbocycles. The van der Waals surface area contributed by atoms with E-state index in [0.29, 0.717) is 10.0 Å². The average molecular weight is 283 g/mol. The summed E-state index contributed by atoms with van der Waals surface area (Å²) < 4.78 is 5.61.